The van der Waals surface area contributed by atoms with E-state index in [2.05, 4.69) is 30.2 Å². The highest BCUT2D eigenvalue weighted by Gasteiger charge is 2.18. The number of methoxy groups -OCH3 is 3. The van der Waals surface area contributed by atoms with E-state index in [1.807, 2.05) is 42.5 Å². The molecule has 0 bridgehead atoms. The lowest BCUT2D eigenvalue weighted by Gasteiger charge is -2.15. The number of aromatic nitrogens is 6. The smallest absolute Gasteiger partial charge is 0.304 e. The van der Waals surface area contributed by atoms with Crippen molar-refractivity contribution in [1.29, 1.82) is 0 Å². The number of nitrogens with zero attached hydrogens (tertiary/aromatic N) is 6. The largest absolute Gasteiger partial charge is 0.493 e. The number of ether oxygens (including phenoxy) is 4. The summed E-state index contributed by atoms with van der Waals surface area (Å²) in [6.07, 6.45) is 3.13. The molecule has 5 rings (SSSR count). The fourth-order valence-corrected chi connectivity index (χ4v) is 3.65. The van der Waals surface area contributed by atoms with E-state index in [0.717, 1.165) is 16.7 Å². The third-order valence-corrected chi connectivity index (χ3v) is 5.29. The Morgan fingerprint density at radius 1 is 0.833 bits per heavy atom. The third-order valence-electron chi connectivity index (χ3n) is 5.29. The van der Waals surface area contributed by atoms with E-state index in [-0.39, 0.29) is 6.61 Å². The number of imidazole rings is 1. The maximum absolute atomic E-state index is 6.03. The number of benzene rings is 2. The molecule has 0 spiro atoms. The van der Waals surface area contributed by atoms with Crippen LogP contribution in [0.2, 0.25) is 0 Å². The summed E-state index contributed by atoms with van der Waals surface area (Å²) in [4.78, 5) is 22.2. The first kappa shape index (κ1) is 22.8. The van der Waals surface area contributed by atoms with Gasteiger partial charge in [0, 0.05) is 24.0 Å². The minimum absolute atomic E-state index is 0.242. The second-order valence-electron chi connectivity index (χ2n) is 7.48. The first-order valence-electron chi connectivity index (χ1n) is 11.0. The predicted molar refractivity (Wildman–Crippen MR) is 132 cm³/mol. The number of rotatable bonds is 9. The SMILES string of the molecule is COc1cc(Nc2ncnc(-n3c(OCc4ccccn4)nc4ccccc43)n2)cc(OC)c1OC. The zero-order chi connectivity index (χ0) is 24.9. The molecule has 36 heavy (non-hydrogen) atoms. The fourth-order valence-electron chi connectivity index (χ4n) is 3.65. The molecule has 0 fully saturated rings. The lowest BCUT2D eigenvalue weighted by molar-refractivity contribution is 0.272. The molecule has 0 radical (unpaired) electrons. The van der Waals surface area contributed by atoms with Gasteiger partial charge in [0.15, 0.2) is 11.5 Å². The maximum atomic E-state index is 6.03. The Morgan fingerprint density at radius 2 is 1.61 bits per heavy atom. The average Bonchev–Trinajstić information content (AvgIpc) is 3.30. The second kappa shape index (κ2) is 10.1. The topological polar surface area (TPSA) is 118 Å². The molecule has 5 aromatic rings. The van der Waals surface area contributed by atoms with Gasteiger partial charge < -0.3 is 24.3 Å². The van der Waals surface area contributed by atoms with Crippen LogP contribution in [0.5, 0.6) is 23.3 Å². The van der Waals surface area contributed by atoms with Crippen LogP contribution in [0.3, 0.4) is 0 Å². The Balaban J connectivity index is 1.50. The van der Waals surface area contributed by atoms with E-state index in [4.69, 9.17) is 18.9 Å². The molecule has 0 aliphatic heterocycles. The molecular formula is C25H23N7O4. The summed E-state index contributed by atoms with van der Waals surface area (Å²) in [5.74, 6) is 2.13. The zero-order valence-electron chi connectivity index (χ0n) is 19.9. The van der Waals surface area contributed by atoms with Crippen LogP contribution in [0, 0.1) is 0 Å². The first-order valence-corrected chi connectivity index (χ1v) is 11.0. The Hall–Kier alpha value is -4.93. The van der Waals surface area contributed by atoms with Gasteiger partial charge >= 0.3 is 6.01 Å². The minimum Gasteiger partial charge on any atom is -0.493 e. The monoisotopic (exact) mass is 485 g/mol. The number of para-hydroxylation sites is 2. The molecule has 3 heterocycles. The van der Waals surface area contributed by atoms with E-state index in [0.29, 0.717) is 40.8 Å². The number of nitrogens with one attached hydrogen (secondary N) is 1. The van der Waals surface area contributed by atoms with Crippen molar-refractivity contribution in [3.8, 4) is 29.2 Å². The van der Waals surface area contributed by atoms with Crippen molar-refractivity contribution >= 4 is 22.7 Å². The standard InChI is InChI=1S/C25H23N7O4/c1-33-20-12-17(13-21(34-2)22(20)35-3)29-23-27-15-28-24(31-23)32-19-10-5-4-9-18(19)30-25(32)36-14-16-8-6-7-11-26-16/h4-13,15H,14H2,1-3H3,(H,27,28,29,31). The van der Waals surface area contributed by atoms with Crippen LogP contribution in [-0.4, -0.2) is 50.8 Å². The molecule has 0 saturated heterocycles. The quantitative estimate of drug-likeness (QED) is 0.329. The Bertz CT molecular complexity index is 1470. The van der Waals surface area contributed by atoms with Crippen LogP contribution in [0.15, 0.2) is 67.1 Å². The summed E-state index contributed by atoms with van der Waals surface area (Å²) < 4.78 is 24.0. The van der Waals surface area contributed by atoms with Crippen LogP contribution < -0.4 is 24.3 Å². The number of anilines is 2. The van der Waals surface area contributed by atoms with Crippen LogP contribution >= 0.6 is 0 Å². The van der Waals surface area contributed by atoms with Gasteiger partial charge in [0.05, 0.1) is 38.1 Å². The van der Waals surface area contributed by atoms with E-state index >= 15 is 0 Å². The van der Waals surface area contributed by atoms with E-state index in [1.165, 1.54) is 6.33 Å². The lowest BCUT2D eigenvalue weighted by Crippen LogP contribution is -2.09. The van der Waals surface area contributed by atoms with E-state index < -0.39 is 0 Å². The second-order valence-corrected chi connectivity index (χ2v) is 7.48. The molecule has 0 atom stereocenters. The zero-order valence-corrected chi connectivity index (χ0v) is 19.9. The molecule has 182 valence electrons. The minimum atomic E-state index is 0.242. The number of fused-ring (bicyclic) bond motifs is 1. The summed E-state index contributed by atoms with van der Waals surface area (Å²) in [5, 5.41) is 3.17. The number of pyridine rings is 1. The van der Waals surface area contributed by atoms with E-state index in [1.54, 1.807) is 44.2 Å². The molecule has 11 nitrogen and oxygen atoms in total. The van der Waals surface area contributed by atoms with Gasteiger partial charge in [0.1, 0.15) is 12.9 Å². The van der Waals surface area contributed by atoms with Crippen LogP contribution in [-0.2, 0) is 6.61 Å². The third kappa shape index (κ3) is 4.53. The van der Waals surface area contributed by atoms with Crippen molar-refractivity contribution < 1.29 is 18.9 Å². The summed E-state index contributed by atoms with van der Waals surface area (Å²) in [5.41, 5.74) is 2.95. The molecule has 0 aliphatic carbocycles. The van der Waals surface area contributed by atoms with Crippen molar-refractivity contribution in [1.82, 2.24) is 29.5 Å². The lowest BCUT2D eigenvalue weighted by atomic mass is 10.2. The van der Waals surface area contributed by atoms with E-state index in [9.17, 15) is 0 Å². The molecule has 3 aromatic heterocycles. The Kier molecular flexibility index (Phi) is 6.43. The molecule has 0 aliphatic rings. The van der Waals surface area contributed by atoms with Crippen molar-refractivity contribution in [2.24, 2.45) is 0 Å². The maximum Gasteiger partial charge on any atom is 0.304 e. The average molecular weight is 486 g/mol. The van der Waals surface area contributed by atoms with Crippen molar-refractivity contribution in [3.63, 3.8) is 0 Å². The molecule has 1 N–H and O–H groups in total. The number of hydrogen-bond donors (Lipinski definition) is 1. The molecule has 0 unspecified atom stereocenters. The van der Waals surface area contributed by atoms with Gasteiger partial charge in [-0.25, -0.2) is 14.5 Å². The van der Waals surface area contributed by atoms with Gasteiger partial charge in [0.25, 0.3) is 0 Å². The molecule has 0 saturated carbocycles. The van der Waals surface area contributed by atoms with Gasteiger partial charge in [-0.15, -0.1) is 0 Å². The first-order chi connectivity index (χ1) is 17.7. The number of hydrogen-bond acceptors (Lipinski definition) is 10. The van der Waals surface area contributed by atoms with Crippen molar-refractivity contribution in [3.05, 3.63) is 72.8 Å². The highest BCUT2D eigenvalue weighted by molar-refractivity contribution is 5.78. The molecule has 2 aromatic carbocycles. The fraction of sp³-hybridized carbons (Fsp3) is 0.160. The van der Waals surface area contributed by atoms with Crippen molar-refractivity contribution in [2.45, 2.75) is 6.61 Å². The normalized spacial score (nSPS) is 10.8. The van der Waals surface area contributed by atoms with Gasteiger partial charge in [-0.3, -0.25) is 4.98 Å². The summed E-state index contributed by atoms with van der Waals surface area (Å²) >= 11 is 0. The Labute approximate surface area is 206 Å². The van der Waals surface area contributed by atoms with Crippen LogP contribution in [0.1, 0.15) is 5.69 Å². The summed E-state index contributed by atoms with van der Waals surface area (Å²) in [6.45, 7) is 0.242. The predicted octanol–water partition coefficient (Wildman–Crippen LogP) is 3.95. The van der Waals surface area contributed by atoms with Crippen LogP contribution in [0.4, 0.5) is 11.6 Å². The van der Waals surface area contributed by atoms with Crippen molar-refractivity contribution in [2.75, 3.05) is 26.6 Å². The Morgan fingerprint density at radius 3 is 2.33 bits per heavy atom. The highest BCUT2D eigenvalue weighted by atomic mass is 16.5. The molecule has 0 amide bonds. The van der Waals surface area contributed by atoms with Gasteiger partial charge in [-0.2, -0.15) is 9.97 Å². The summed E-state index contributed by atoms with van der Waals surface area (Å²) in [6, 6.07) is 17.2. The van der Waals surface area contributed by atoms with Gasteiger partial charge in [-0.1, -0.05) is 18.2 Å². The highest BCUT2D eigenvalue weighted by Crippen LogP contribution is 2.40. The van der Waals surface area contributed by atoms with Gasteiger partial charge in [0.2, 0.25) is 17.6 Å². The molecule has 11 heteroatoms. The van der Waals surface area contributed by atoms with Crippen LogP contribution in [0.25, 0.3) is 17.0 Å². The molecular weight excluding hydrogens is 462 g/mol. The summed E-state index contributed by atoms with van der Waals surface area (Å²) in [7, 11) is 4.66. The van der Waals surface area contributed by atoms with Gasteiger partial charge in [-0.05, 0) is 24.3 Å².